The molecule has 0 unspecified atom stereocenters. The van der Waals surface area contributed by atoms with Gasteiger partial charge in [0.05, 0.1) is 12.2 Å². The second-order valence-corrected chi connectivity index (χ2v) is 5.20. The predicted molar refractivity (Wildman–Crippen MR) is 74.3 cm³/mol. The Labute approximate surface area is 111 Å². The first kappa shape index (κ1) is 12.4. The van der Waals surface area contributed by atoms with Crippen LogP contribution >= 0.6 is 15.9 Å². The highest BCUT2D eigenvalue weighted by molar-refractivity contribution is 9.10. The number of rotatable bonds is 3. The summed E-state index contributed by atoms with van der Waals surface area (Å²) in [5.74, 6) is 0. The smallest absolute Gasteiger partial charge is 0.0662 e. The van der Waals surface area contributed by atoms with E-state index in [1.54, 1.807) is 0 Å². The molecule has 0 bridgehead atoms. The van der Waals surface area contributed by atoms with Gasteiger partial charge in [0.1, 0.15) is 0 Å². The predicted octanol–water partition coefficient (Wildman–Crippen LogP) is 3.87. The van der Waals surface area contributed by atoms with Crippen LogP contribution in [0.1, 0.15) is 29.4 Å². The van der Waals surface area contributed by atoms with Crippen LogP contribution in [0.4, 0.5) is 0 Å². The lowest BCUT2D eigenvalue weighted by Gasteiger charge is -2.05. The minimum Gasteiger partial charge on any atom is -0.265 e. The Morgan fingerprint density at radius 2 is 1.82 bits per heavy atom. The molecule has 0 atom stereocenters. The fraction of sp³-hybridized carbons (Fsp3) is 0.357. The molecule has 3 heteroatoms. The van der Waals surface area contributed by atoms with Gasteiger partial charge in [-0.15, -0.1) is 0 Å². The third kappa shape index (κ3) is 2.60. The number of hydrogen-bond acceptors (Lipinski definition) is 1. The third-order valence-electron chi connectivity index (χ3n) is 3.13. The van der Waals surface area contributed by atoms with Gasteiger partial charge in [-0.3, -0.25) is 4.68 Å². The summed E-state index contributed by atoms with van der Waals surface area (Å²) in [6.45, 7) is 7.27. The maximum atomic E-state index is 4.60. The average Bonchev–Trinajstić information content (AvgIpc) is 2.57. The Hall–Kier alpha value is -1.09. The molecule has 0 N–H and O–H groups in total. The maximum Gasteiger partial charge on any atom is 0.0662 e. The van der Waals surface area contributed by atoms with E-state index in [1.807, 2.05) is 0 Å². The normalized spacial score (nSPS) is 10.8. The second-order valence-electron chi connectivity index (χ2n) is 4.29. The number of hydrogen-bond donors (Lipinski definition) is 0. The Morgan fingerprint density at radius 3 is 2.35 bits per heavy atom. The van der Waals surface area contributed by atoms with Crippen molar-refractivity contribution in [2.45, 2.75) is 33.7 Å². The van der Waals surface area contributed by atoms with Gasteiger partial charge in [-0.25, -0.2) is 0 Å². The summed E-state index contributed by atoms with van der Waals surface area (Å²) in [5.41, 5.74) is 5.10. The Bertz CT molecular complexity index is 512. The topological polar surface area (TPSA) is 17.8 Å². The molecule has 0 spiro atoms. The molecule has 2 nitrogen and oxygen atoms in total. The fourth-order valence-corrected chi connectivity index (χ4v) is 2.43. The summed E-state index contributed by atoms with van der Waals surface area (Å²) in [7, 11) is 0. The molecule has 2 aromatic rings. The molecular weight excluding hydrogens is 276 g/mol. The molecule has 0 aliphatic carbocycles. The van der Waals surface area contributed by atoms with Gasteiger partial charge in [-0.2, -0.15) is 5.10 Å². The highest BCUT2D eigenvalue weighted by Crippen LogP contribution is 2.16. The van der Waals surface area contributed by atoms with Crippen molar-refractivity contribution in [1.29, 1.82) is 0 Å². The van der Waals surface area contributed by atoms with E-state index in [4.69, 9.17) is 0 Å². The molecule has 0 saturated carbocycles. The molecule has 0 radical (unpaired) electrons. The summed E-state index contributed by atoms with van der Waals surface area (Å²) in [4.78, 5) is 0. The van der Waals surface area contributed by atoms with Crippen LogP contribution < -0.4 is 0 Å². The molecule has 1 aromatic heterocycles. The standard InChI is InChI=1S/C14H17BrN2/c1-4-14-10(2)16-17(11(14)3)9-12-5-7-13(15)8-6-12/h5-8H,4,9H2,1-3H3. The van der Waals surface area contributed by atoms with Crippen LogP contribution in [0.25, 0.3) is 0 Å². The number of aromatic nitrogens is 2. The van der Waals surface area contributed by atoms with E-state index in [0.29, 0.717) is 0 Å². The van der Waals surface area contributed by atoms with Crippen molar-refractivity contribution < 1.29 is 0 Å². The minimum absolute atomic E-state index is 0.847. The van der Waals surface area contributed by atoms with E-state index in [2.05, 4.69) is 70.7 Å². The van der Waals surface area contributed by atoms with Crippen molar-refractivity contribution in [3.8, 4) is 0 Å². The Balaban J connectivity index is 2.27. The lowest BCUT2D eigenvalue weighted by atomic mass is 10.1. The largest absolute Gasteiger partial charge is 0.265 e. The summed E-state index contributed by atoms with van der Waals surface area (Å²) in [6, 6.07) is 8.40. The van der Waals surface area contributed by atoms with Gasteiger partial charge in [-0.1, -0.05) is 35.0 Å². The molecule has 0 amide bonds. The van der Waals surface area contributed by atoms with Crippen LogP contribution in [0.5, 0.6) is 0 Å². The second kappa shape index (κ2) is 5.05. The Morgan fingerprint density at radius 1 is 1.18 bits per heavy atom. The lowest BCUT2D eigenvalue weighted by Crippen LogP contribution is -2.04. The van der Waals surface area contributed by atoms with Crippen LogP contribution in [0.3, 0.4) is 0 Å². The first-order valence-corrected chi connectivity index (χ1v) is 6.68. The van der Waals surface area contributed by atoms with Crippen LogP contribution in [-0.2, 0) is 13.0 Å². The van der Waals surface area contributed by atoms with Gasteiger partial charge >= 0.3 is 0 Å². The van der Waals surface area contributed by atoms with Gasteiger partial charge < -0.3 is 0 Å². The summed E-state index contributed by atoms with van der Waals surface area (Å²) < 4.78 is 3.21. The number of halogens is 1. The molecule has 0 aliphatic heterocycles. The molecule has 0 saturated heterocycles. The third-order valence-corrected chi connectivity index (χ3v) is 3.66. The van der Waals surface area contributed by atoms with Gasteiger partial charge in [-0.05, 0) is 43.5 Å². The van der Waals surface area contributed by atoms with Gasteiger partial charge in [0, 0.05) is 10.2 Å². The minimum atomic E-state index is 0.847. The molecule has 90 valence electrons. The Kier molecular flexibility index (Phi) is 3.67. The van der Waals surface area contributed by atoms with Crippen molar-refractivity contribution in [2.75, 3.05) is 0 Å². The molecule has 0 fully saturated rings. The van der Waals surface area contributed by atoms with E-state index < -0.39 is 0 Å². The van der Waals surface area contributed by atoms with Crippen molar-refractivity contribution in [2.24, 2.45) is 0 Å². The zero-order chi connectivity index (χ0) is 12.4. The maximum absolute atomic E-state index is 4.60. The van der Waals surface area contributed by atoms with Crippen LogP contribution in [0.15, 0.2) is 28.7 Å². The lowest BCUT2D eigenvalue weighted by molar-refractivity contribution is 0.658. The van der Waals surface area contributed by atoms with Crippen LogP contribution in [0.2, 0.25) is 0 Å². The van der Waals surface area contributed by atoms with Crippen LogP contribution in [0, 0.1) is 13.8 Å². The van der Waals surface area contributed by atoms with Crippen molar-refractivity contribution in [3.63, 3.8) is 0 Å². The molecule has 17 heavy (non-hydrogen) atoms. The highest BCUT2D eigenvalue weighted by atomic mass is 79.9. The van der Waals surface area contributed by atoms with Crippen molar-refractivity contribution >= 4 is 15.9 Å². The van der Waals surface area contributed by atoms with Crippen molar-refractivity contribution in [3.05, 3.63) is 51.3 Å². The van der Waals surface area contributed by atoms with Crippen LogP contribution in [-0.4, -0.2) is 9.78 Å². The quantitative estimate of drug-likeness (QED) is 0.840. The van der Waals surface area contributed by atoms with Crippen molar-refractivity contribution in [1.82, 2.24) is 9.78 Å². The summed E-state index contributed by atoms with van der Waals surface area (Å²) >= 11 is 3.45. The number of aryl methyl sites for hydroxylation is 1. The SMILES string of the molecule is CCc1c(C)nn(Cc2ccc(Br)cc2)c1C. The highest BCUT2D eigenvalue weighted by Gasteiger charge is 2.09. The average molecular weight is 293 g/mol. The van der Waals surface area contributed by atoms with Gasteiger partial charge in [0.25, 0.3) is 0 Å². The number of benzene rings is 1. The summed E-state index contributed by atoms with van der Waals surface area (Å²) in [5, 5.41) is 4.60. The molecule has 0 aliphatic rings. The number of nitrogens with zero attached hydrogens (tertiary/aromatic N) is 2. The van der Waals surface area contributed by atoms with E-state index in [-0.39, 0.29) is 0 Å². The zero-order valence-corrected chi connectivity index (χ0v) is 12.1. The van der Waals surface area contributed by atoms with Gasteiger partial charge in [0.15, 0.2) is 0 Å². The van der Waals surface area contributed by atoms with E-state index in [1.165, 1.54) is 16.8 Å². The zero-order valence-electron chi connectivity index (χ0n) is 10.5. The first-order chi connectivity index (χ1) is 8.11. The molecule has 1 aromatic carbocycles. The van der Waals surface area contributed by atoms with E-state index in [0.717, 1.165) is 23.1 Å². The van der Waals surface area contributed by atoms with Gasteiger partial charge in [0.2, 0.25) is 0 Å². The van der Waals surface area contributed by atoms with E-state index in [9.17, 15) is 0 Å². The van der Waals surface area contributed by atoms with E-state index >= 15 is 0 Å². The molecular formula is C14H17BrN2. The molecule has 2 rings (SSSR count). The summed E-state index contributed by atoms with van der Waals surface area (Å²) in [6.07, 6.45) is 1.05. The molecule has 1 heterocycles. The first-order valence-electron chi connectivity index (χ1n) is 5.89. The fourth-order valence-electron chi connectivity index (χ4n) is 2.16. The monoisotopic (exact) mass is 292 g/mol.